The van der Waals surface area contributed by atoms with E-state index in [9.17, 15) is 18.3 Å². The van der Waals surface area contributed by atoms with Crippen molar-refractivity contribution in [2.75, 3.05) is 10.6 Å². The second-order valence-electron chi connectivity index (χ2n) is 5.73. The van der Waals surface area contributed by atoms with E-state index in [-0.39, 0.29) is 29.1 Å². The molecule has 0 aliphatic rings. The third kappa shape index (κ3) is 4.96. The van der Waals surface area contributed by atoms with E-state index in [2.05, 4.69) is 20.6 Å². The van der Waals surface area contributed by atoms with E-state index in [4.69, 9.17) is 23.2 Å². The number of rotatable bonds is 5. The average Bonchev–Trinajstić information content (AvgIpc) is 2.63. The van der Waals surface area contributed by atoms with Gasteiger partial charge in [-0.1, -0.05) is 35.3 Å². The molecule has 0 spiro atoms. The average molecular weight is 429 g/mol. The first-order valence-corrected chi connectivity index (χ1v) is 8.66. The van der Waals surface area contributed by atoms with E-state index < -0.39 is 11.7 Å². The fraction of sp³-hybridized carbons (Fsp3) is 0.111. The molecule has 3 rings (SSSR count). The largest absolute Gasteiger partial charge is 0.508 e. The van der Waals surface area contributed by atoms with Crippen LogP contribution in [0, 0.1) is 0 Å². The lowest BCUT2D eigenvalue weighted by atomic mass is 10.2. The van der Waals surface area contributed by atoms with Crippen LogP contribution < -0.4 is 10.6 Å². The smallest absolute Gasteiger partial charge is 0.421 e. The molecule has 0 unspecified atom stereocenters. The summed E-state index contributed by atoms with van der Waals surface area (Å²) in [6.45, 7) is 0.0760. The monoisotopic (exact) mass is 428 g/mol. The van der Waals surface area contributed by atoms with Crippen LogP contribution in [0.15, 0.2) is 48.7 Å². The Kier molecular flexibility index (Phi) is 5.81. The lowest BCUT2D eigenvalue weighted by Crippen LogP contribution is -2.14. The zero-order valence-corrected chi connectivity index (χ0v) is 15.6. The highest BCUT2D eigenvalue weighted by Crippen LogP contribution is 2.34. The Balaban J connectivity index is 1.85. The van der Waals surface area contributed by atoms with E-state index in [1.54, 1.807) is 24.3 Å². The topological polar surface area (TPSA) is 70.1 Å². The van der Waals surface area contributed by atoms with Crippen LogP contribution >= 0.6 is 23.2 Å². The van der Waals surface area contributed by atoms with Crippen LogP contribution in [0.5, 0.6) is 5.75 Å². The Bertz CT molecular complexity index is 982. The number of alkyl halides is 3. The van der Waals surface area contributed by atoms with Crippen molar-refractivity contribution in [3.63, 3.8) is 0 Å². The van der Waals surface area contributed by atoms with Gasteiger partial charge >= 0.3 is 6.18 Å². The summed E-state index contributed by atoms with van der Waals surface area (Å²) in [5, 5.41) is 15.4. The maximum atomic E-state index is 13.3. The number of halogens is 5. The van der Waals surface area contributed by atoms with Gasteiger partial charge in [0.15, 0.2) is 0 Å². The molecule has 0 fully saturated rings. The normalized spacial score (nSPS) is 11.3. The molecule has 0 bridgehead atoms. The minimum absolute atomic E-state index is 0.0420. The van der Waals surface area contributed by atoms with E-state index in [1.165, 1.54) is 18.2 Å². The van der Waals surface area contributed by atoms with Gasteiger partial charge in [-0.3, -0.25) is 0 Å². The number of nitrogens with one attached hydrogen (secondary N) is 2. The molecule has 10 heteroatoms. The Labute approximate surface area is 168 Å². The van der Waals surface area contributed by atoms with Gasteiger partial charge in [-0.25, -0.2) is 4.98 Å². The van der Waals surface area contributed by atoms with Gasteiger partial charge in [0.1, 0.15) is 17.1 Å². The van der Waals surface area contributed by atoms with Crippen molar-refractivity contribution in [3.8, 4) is 5.75 Å². The second-order valence-corrected chi connectivity index (χ2v) is 6.54. The molecule has 3 aromatic rings. The van der Waals surface area contributed by atoms with E-state index in [0.717, 1.165) is 0 Å². The third-order valence-electron chi connectivity index (χ3n) is 3.67. The Morgan fingerprint density at radius 1 is 1.00 bits per heavy atom. The van der Waals surface area contributed by atoms with E-state index in [1.807, 2.05) is 0 Å². The quantitative estimate of drug-likeness (QED) is 0.474. The molecule has 0 aliphatic carbocycles. The molecule has 5 nitrogen and oxygen atoms in total. The summed E-state index contributed by atoms with van der Waals surface area (Å²) in [5.74, 6) is -0.354. The molecule has 0 saturated carbocycles. The number of phenols is 1. The SMILES string of the molecule is Oc1ccc(CNc2nc(Nc3ccc(Cl)c(Cl)c3)ncc2C(F)(F)F)cc1. The van der Waals surface area contributed by atoms with Crippen LogP contribution in [-0.2, 0) is 12.7 Å². The van der Waals surface area contributed by atoms with Crippen LogP contribution in [0.1, 0.15) is 11.1 Å². The molecule has 1 heterocycles. The number of hydrogen-bond acceptors (Lipinski definition) is 5. The molecule has 3 N–H and O–H groups in total. The Morgan fingerprint density at radius 3 is 2.36 bits per heavy atom. The van der Waals surface area contributed by atoms with Crippen molar-refractivity contribution in [2.45, 2.75) is 12.7 Å². The molecule has 146 valence electrons. The maximum Gasteiger partial charge on any atom is 0.421 e. The molecule has 0 saturated heterocycles. The van der Waals surface area contributed by atoms with Crippen molar-refractivity contribution >= 4 is 40.7 Å². The molecule has 1 aromatic heterocycles. The summed E-state index contributed by atoms with van der Waals surface area (Å²) >= 11 is 11.8. The van der Waals surface area contributed by atoms with Crippen molar-refractivity contribution in [1.82, 2.24) is 9.97 Å². The van der Waals surface area contributed by atoms with Crippen LogP contribution in [0.2, 0.25) is 10.0 Å². The highest BCUT2D eigenvalue weighted by Gasteiger charge is 2.35. The van der Waals surface area contributed by atoms with Gasteiger partial charge in [0.25, 0.3) is 0 Å². The second kappa shape index (κ2) is 8.12. The maximum absolute atomic E-state index is 13.3. The molecule has 0 radical (unpaired) electrons. The minimum Gasteiger partial charge on any atom is -0.508 e. The van der Waals surface area contributed by atoms with Gasteiger partial charge in [-0.15, -0.1) is 0 Å². The fourth-order valence-corrected chi connectivity index (χ4v) is 2.58. The number of aromatic nitrogens is 2. The van der Waals surface area contributed by atoms with Crippen LogP contribution in [0.3, 0.4) is 0 Å². The zero-order chi connectivity index (χ0) is 20.3. The number of nitrogens with zero attached hydrogens (tertiary/aromatic N) is 2. The predicted octanol–water partition coefficient (Wildman–Crippen LogP) is 5.86. The number of phenolic OH excluding ortho intramolecular Hbond substituents is 1. The summed E-state index contributed by atoms with van der Waals surface area (Å²) < 4.78 is 39.8. The van der Waals surface area contributed by atoms with E-state index >= 15 is 0 Å². The van der Waals surface area contributed by atoms with Gasteiger partial charge in [0, 0.05) is 18.4 Å². The lowest BCUT2D eigenvalue weighted by Gasteiger charge is -2.15. The predicted molar refractivity (Wildman–Crippen MR) is 102 cm³/mol. The van der Waals surface area contributed by atoms with Crippen molar-refractivity contribution in [1.29, 1.82) is 0 Å². The highest BCUT2D eigenvalue weighted by atomic mass is 35.5. The summed E-state index contributed by atoms with van der Waals surface area (Å²) in [6.07, 6.45) is -3.93. The van der Waals surface area contributed by atoms with Crippen molar-refractivity contribution in [2.24, 2.45) is 0 Å². The number of anilines is 3. The molecule has 0 atom stereocenters. The Morgan fingerprint density at radius 2 is 1.71 bits per heavy atom. The van der Waals surface area contributed by atoms with Gasteiger partial charge in [-0.05, 0) is 35.9 Å². The first-order chi connectivity index (χ1) is 13.2. The van der Waals surface area contributed by atoms with Gasteiger partial charge in [0.05, 0.1) is 10.0 Å². The third-order valence-corrected chi connectivity index (χ3v) is 4.41. The molecule has 2 aromatic carbocycles. The zero-order valence-electron chi connectivity index (χ0n) is 14.1. The number of aromatic hydroxyl groups is 1. The van der Waals surface area contributed by atoms with Gasteiger partial charge in [-0.2, -0.15) is 18.2 Å². The minimum atomic E-state index is -4.63. The lowest BCUT2D eigenvalue weighted by molar-refractivity contribution is -0.137. The highest BCUT2D eigenvalue weighted by molar-refractivity contribution is 6.42. The van der Waals surface area contributed by atoms with Gasteiger partial charge < -0.3 is 15.7 Å². The first kappa shape index (κ1) is 20.0. The number of benzene rings is 2. The molecule has 0 amide bonds. The molecule has 28 heavy (non-hydrogen) atoms. The first-order valence-electron chi connectivity index (χ1n) is 7.90. The van der Waals surface area contributed by atoms with E-state index in [0.29, 0.717) is 22.5 Å². The summed E-state index contributed by atoms with van der Waals surface area (Å²) in [4.78, 5) is 7.67. The summed E-state index contributed by atoms with van der Waals surface area (Å²) in [7, 11) is 0. The fourth-order valence-electron chi connectivity index (χ4n) is 2.29. The van der Waals surface area contributed by atoms with Gasteiger partial charge in [0.2, 0.25) is 5.95 Å². The summed E-state index contributed by atoms with van der Waals surface area (Å²) in [5.41, 5.74) is 0.146. The molecular formula is C18H13Cl2F3N4O. The Hall–Kier alpha value is -2.71. The van der Waals surface area contributed by atoms with Crippen molar-refractivity contribution < 1.29 is 18.3 Å². The number of hydrogen-bond donors (Lipinski definition) is 3. The molecule has 0 aliphatic heterocycles. The standard InChI is InChI=1S/C18H13Cl2F3N4O/c19-14-6-3-11(7-15(14)20)26-17-25-9-13(18(21,22)23)16(27-17)24-8-10-1-4-12(28)5-2-10/h1-7,9,28H,8H2,(H2,24,25,26,27). The van der Waals surface area contributed by atoms with Crippen LogP contribution in [-0.4, -0.2) is 15.1 Å². The van der Waals surface area contributed by atoms with Crippen LogP contribution in [0.4, 0.5) is 30.6 Å². The summed E-state index contributed by atoms with van der Waals surface area (Å²) in [6, 6.07) is 10.7. The molecular weight excluding hydrogens is 416 g/mol. The van der Waals surface area contributed by atoms with Crippen molar-refractivity contribution in [3.05, 3.63) is 69.8 Å². The van der Waals surface area contributed by atoms with Crippen LogP contribution in [0.25, 0.3) is 0 Å².